The highest BCUT2D eigenvalue weighted by Crippen LogP contribution is 2.34. The van der Waals surface area contributed by atoms with Crippen LogP contribution >= 0.6 is 0 Å². The van der Waals surface area contributed by atoms with Crippen LogP contribution < -0.4 is 5.32 Å². The van der Waals surface area contributed by atoms with Gasteiger partial charge in [0.1, 0.15) is 11.9 Å². The van der Waals surface area contributed by atoms with Gasteiger partial charge in [-0.05, 0) is 30.4 Å². The first-order valence-electron chi connectivity index (χ1n) is 12.8. The molecule has 0 aliphatic heterocycles. The van der Waals surface area contributed by atoms with E-state index in [2.05, 4.69) is 20.5 Å². The molecule has 0 radical (unpaired) electrons. The van der Waals surface area contributed by atoms with Gasteiger partial charge in [-0.3, -0.25) is 19.6 Å². The summed E-state index contributed by atoms with van der Waals surface area (Å²) in [7, 11) is 0. The van der Waals surface area contributed by atoms with Crippen molar-refractivity contribution in [3.63, 3.8) is 0 Å². The number of nitrogens with one attached hydrogen (secondary N) is 2. The zero-order valence-electron chi connectivity index (χ0n) is 22.7. The van der Waals surface area contributed by atoms with Crippen molar-refractivity contribution < 1.29 is 32.7 Å². The van der Waals surface area contributed by atoms with E-state index in [0.717, 1.165) is 17.0 Å². The smallest absolute Gasteiger partial charge is 0.416 e. The average Bonchev–Trinajstić information content (AvgIpc) is 3.57. The van der Waals surface area contributed by atoms with Crippen LogP contribution in [0.5, 0.6) is 0 Å². The summed E-state index contributed by atoms with van der Waals surface area (Å²) >= 11 is 0. The molecule has 216 valence electrons. The summed E-state index contributed by atoms with van der Waals surface area (Å²) in [6.07, 6.45) is 0.0887. The predicted octanol–water partition coefficient (Wildman–Crippen LogP) is 5.45. The third-order valence-electron chi connectivity index (χ3n) is 6.78. The lowest BCUT2D eigenvalue weighted by Gasteiger charge is -2.43. The van der Waals surface area contributed by atoms with E-state index in [1.54, 1.807) is 31.5 Å². The van der Waals surface area contributed by atoms with E-state index < -0.39 is 47.0 Å². The number of aromatic nitrogens is 4. The summed E-state index contributed by atoms with van der Waals surface area (Å²) in [5.74, 6) is -1.66. The minimum atomic E-state index is -4.46. The maximum Gasteiger partial charge on any atom is 0.416 e. The Morgan fingerprint density at radius 1 is 1.12 bits per heavy atom. The molecule has 40 heavy (non-hydrogen) atoms. The first-order valence-corrected chi connectivity index (χ1v) is 12.8. The van der Waals surface area contributed by atoms with Crippen LogP contribution in [0.4, 0.5) is 23.8 Å². The summed E-state index contributed by atoms with van der Waals surface area (Å²) in [6, 6.07) is 4.01. The Morgan fingerprint density at radius 2 is 1.80 bits per heavy atom. The molecule has 13 heteroatoms. The first-order chi connectivity index (χ1) is 18.8. The van der Waals surface area contributed by atoms with Crippen molar-refractivity contribution in [3.05, 3.63) is 54.6 Å². The number of hydrogen-bond donors (Lipinski definition) is 3. The number of carboxylic acid groups (broad SMARTS) is 1. The maximum absolute atomic E-state index is 13.5. The molecule has 0 bridgehead atoms. The summed E-state index contributed by atoms with van der Waals surface area (Å²) < 4.78 is 40.4. The fourth-order valence-corrected chi connectivity index (χ4v) is 4.85. The van der Waals surface area contributed by atoms with Gasteiger partial charge in [-0.25, -0.2) is 9.78 Å². The number of benzene rings is 1. The second kappa shape index (κ2) is 12.3. The van der Waals surface area contributed by atoms with Crippen LogP contribution in [0.15, 0.2) is 49.1 Å². The van der Waals surface area contributed by atoms with Crippen LogP contribution in [0.2, 0.25) is 0 Å². The largest absolute Gasteiger partial charge is 0.465 e. The molecule has 2 atom stereocenters. The number of alkyl halides is 3. The standard InChI is InChI=1S/C27H33F3N6O4/c1-5-12-26(3,4)23(22(37)24(38)33-21-11-13-32-34-21)36(25(39)40)19(6-2)14-35-15-20(31-16-35)17-7-9-18(10-8-17)27(28,29)30/h7-11,13,15-16,19,23H,5-6,12,14H2,1-4H3,(H,39,40)(H2,32,33,34,38)/t19-,23+/m0/s1. The lowest BCUT2D eigenvalue weighted by Crippen LogP contribution is -2.59. The third-order valence-corrected chi connectivity index (χ3v) is 6.78. The van der Waals surface area contributed by atoms with E-state index in [4.69, 9.17) is 0 Å². The minimum Gasteiger partial charge on any atom is -0.465 e. The Labute approximate surface area is 229 Å². The molecular formula is C27H33F3N6O4. The van der Waals surface area contributed by atoms with E-state index in [1.165, 1.54) is 30.7 Å². The molecule has 0 saturated heterocycles. The summed E-state index contributed by atoms with van der Waals surface area (Å²) in [6.45, 7) is 7.29. The number of Topliss-reactive ketones (excluding diaryl/α,β-unsaturated/α-hetero) is 1. The fourth-order valence-electron chi connectivity index (χ4n) is 4.85. The third kappa shape index (κ3) is 7.07. The molecule has 3 N–H and O–H groups in total. The Bertz CT molecular complexity index is 1300. The zero-order valence-corrected chi connectivity index (χ0v) is 22.7. The molecule has 2 amide bonds. The second-order valence-electron chi connectivity index (χ2n) is 10.2. The molecule has 10 nitrogen and oxygen atoms in total. The fraction of sp³-hybridized carbons (Fsp3) is 0.444. The van der Waals surface area contributed by atoms with Crippen molar-refractivity contribution in [3.8, 4) is 11.3 Å². The van der Waals surface area contributed by atoms with Gasteiger partial charge in [-0.2, -0.15) is 18.3 Å². The van der Waals surface area contributed by atoms with Gasteiger partial charge in [0.15, 0.2) is 0 Å². The SMILES string of the molecule is CCCC(C)(C)[C@@H](C(=O)C(=O)Nc1ccn[nH]1)N(C(=O)O)[C@@H](CC)Cn1cnc(-c2ccc(C(F)(F)F)cc2)c1. The number of ketones is 1. The van der Waals surface area contributed by atoms with Gasteiger partial charge >= 0.3 is 12.3 Å². The summed E-state index contributed by atoms with van der Waals surface area (Å²) in [4.78, 5) is 44.5. The molecule has 2 aromatic heterocycles. The number of rotatable bonds is 12. The Balaban J connectivity index is 1.90. The number of imidazole rings is 1. The molecule has 3 aromatic rings. The average molecular weight is 563 g/mol. The number of carbonyl (C=O) groups excluding carboxylic acids is 2. The van der Waals surface area contributed by atoms with E-state index >= 15 is 0 Å². The van der Waals surface area contributed by atoms with E-state index in [9.17, 15) is 32.7 Å². The van der Waals surface area contributed by atoms with Crippen LogP contribution in [0, 0.1) is 5.41 Å². The second-order valence-corrected chi connectivity index (χ2v) is 10.2. The monoisotopic (exact) mass is 562 g/mol. The van der Waals surface area contributed by atoms with Crippen LogP contribution in [0.25, 0.3) is 11.3 Å². The lowest BCUT2D eigenvalue weighted by molar-refractivity contribution is -0.141. The van der Waals surface area contributed by atoms with Crippen molar-refractivity contribution in [1.82, 2.24) is 24.6 Å². The molecular weight excluding hydrogens is 529 g/mol. The highest BCUT2D eigenvalue weighted by Gasteiger charge is 2.46. The minimum absolute atomic E-state index is 0.102. The first kappa shape index (κ1) is 30.4. The van der Waals surface area contributed by atoms with Crippen molar-refractivity contribution in [1.29, 1.82) is 0 Å². The molecule has 0 unspecified atom stereocenters. The van der Waals surface area contributed by atoms with Crippen molar-refractivity contribution in [2.75, 3.05) is 5.32 Å². The maximum atomic E-state index is 13.5. The van der Waals surface area contributed by atoms with Gasteiger partial charge in [-0.1, -0.05) is 46.2 Å². The molecule has 0 fully saturated rings. The van der Waals surface area contributed by atoms with Gasteiger partial charge in [0.2, 0.25) is 5.78 Å². The molecule has 0 spiro atoms. The number of H-pyrrole nitrogens is 1. The molecule has 1 aromatic carbocycles. The Kier molecular flexibility index (Phi) is 9.38. The number of aromatic amines is 1. The van der Waals surface area contributed by atoms with Gasteiger partial charge in [0.25, 0.3) is 5.91 Å². The predicted molar refractivity (Wildman–Crippen MR) is 141 cm³/mol. The molecule has 0 saturated carbocycles. The number of hydrogen-bond acceptors (Lipinski definition) is 5. The van der Waals surface area contributed by atoms with E-state index in [1.807, 2.05) is 6.92 Å². The van der Waals surface area contributed by atoms with Crippen LogP contribution in [-0.4, -0.2) is 59.6 Å². The van der Waals surface area contributed by atoms with E-state index in [-0.39, 0.29) is 12.4 Å². The van der Waals surface area contributed by atoms with Gasteiger partial charge in [0, 0.05) is 24.4 Å². The quantitative estimate of drug-likeness (QED) is 0.251. The summed E-state index contributed by atoms with van der Waals surface area (Å²) in [5.41, 5.74) is -0.796. The number of nitrogens with zero attached hydrogens (tertiary/aromatic N) is 4. The summed E-state index contributed by atoms with van der Waals surface area (Å²) in [5, 5.41) is 19.0. The molecule has 3 rings (SSSR count). The van der Waals surface area contributed by atoms with Crippen molar-refractivity contribution >= 4 is 23.6 Å². The van der Waals surface area contributed by atoms with Crippen molar-refractivity contribution in [2.24, 2.45) is 5.41 Å². The van der Waals surface area contributed by atoms with Crippen molar-refractivity contribution in [2.45, 2.75) is 71.8 Å². The van der Waals surface area contributed by atoms with Crippen LogP contribution in [0.3, 0.4) is 0 Å². The highest BCUT2D eigenvalue weighted by molar-refractivity contribution is 6.42. The van der Waals surface area contributed by atoms with Crippen LogP contribution in [-0.2, 0) is 22.3 Å². The Morgan fingerprint density at radius 3 is 2.33 bits per heavy atom. The number of carbonyl (C=O) groups is 3. The zero-order chi connectivity index (χ0) is 29.7. The normalized spacial score (nSPS) is 13.5. The topological polar surface area (TPSA) is 133 Å². The number of anilines is 1. The molecule has 0 aliphatic rings. The number of amides is 2. The van der Waals surface area contributed by atoms with Gasteiger partial charge < -0.3 is 15.0 Å². The van der Waals surface area contributed by atoms with Gasteiger partial charge in [0.05, 0.1) is 29.8 Å². The van der Waals surface area contributed by atoms with Crippen LogP contribution in [0.1, 0.15) is 52.5 Å². The Hall–Kier alpha value is -4.16. The van der Waals surface area contributed by atoms with Gasteiger partial charge in [-0.15, -0.1) is 0 Å². The number of halogens is 3. The molecule has 2 heterocycles. The van der Waals surface area contributed by atoms with E-state index in [0.29, 0.717) is 30.5 Å². The highest BCUT2D eigenvalue weighted by atomic mass is 19.4. The molecule has 0 aliphatic carbocycles. The lowest BCUT2D eigenvalue weighted by atomic mass is 9.76.